The van der Waals surface area contributed by atoms with Gasteiger partial charge in [0, 0.05) is 50.2 Å². The molecule has 1 saturated carbocycles. The van der Waals surface area contributed by atoms with Crippen LogP contribution >= 0.6 is 0 Å². The maximum atomic E-state index is 14.1. The van der Waals surface area contributed by atoms with Crippen molar-refractivity contribution in [1.82, 2.24) is 24.7 Å². The van der Waals surface area contributed by atoms with Gasteiger partial charge in [0.25, 0.3) is 0 Å². The van der Waals surface area contributed by atoms with Crippen LogP contribution in [0.25, 0.3) is 0 Å². The van der Waals surface area contributed by atoms with Gasteiger partial charge in [0.1, 0.15) is 11.9 Å². The zero-order valence-corrected chi connectivity index (χ0v) is 27.3. The number of hydrogen-bond acceptors (Lipinski definition) is 5. The summed E-state index contributed by atoms with van der Waals surface area (Å²) < 4.78 is 39.4. The van der Waals surface area contributed by atoms with E-state index in [4.69, 9.17) is 0 Å². The molecule has 44 heavy (non-hydrogen) atoms. The van der Waals surface area contributed by atoms with E-state index in [-0.39, 0.29) is 60.7 Å². The van der Waals surface area contributed by atoms with Gasteiger partial charge in [-0.1, -0.05) is 31.4 Å². The molecule has 5 rings (SSSR count). The smallest absolute Gasteiger partial charge is 0.318 e. The Hall–Kier alpha value is -2.73. The van der Waals surface area contributed by atoms with Crippen molar-refractivity contribution < 1.29 is 27.2 Å². The molecule has 3 aliphatic heterocycles. The number of nitrogens with zero attached hydrogens (tertiary/aromatic N) is 3. The molecular formula is C32H48FN5O5S. The van der Waals surface area contributed by atoms with E-state index >= 15 is 0 Å². The van der Waals surface area contributed by atoms with Gasteiger partial charge in [-0.15, -0.1) is 0 Å². The van der Waals surface area contributed by atoms with E-state index in [1.54, 1.807) is 21.9 Å². The zero-order valence-electron chi connectivity index (χ0n) is 26.5. The molecule has 3 unspecified atom stereocenters. The number of fused-ring (bicyclic) bond motifs is 2. The van der Waals surface area contributed by atoms with E-state index in [9.17, 15) is 27.2 Å². The van der Waals surface area contributed by atoms with E-state index in [1.807, 2.05) is 20.8 Å². The maximum Gasteiger partial charge on any atom is 0.318 e. The van der Waals surface area contributed by atoms with Crippen LogP contribution in [-0.4, -0.2) is 96.5 Å². The van der Waals surface area contributed by atoms with Crippen molar-refractivity contribution in [3.63, 3.8) is 0 Å². The summed E-state index contributed by atoms with van der Waals surface area (Å²) in [5.41, 5.74) is -0.168. The second-order valence-electron chi connectivity index (χ2n) is 14.4. The molecule has 3 atom stereocenters. The Balaban J connectivity index is 1.31. The number of sulfonamides is 1. The number of carbonyl (C=O) groups excluding carboxylic acids is 3. The minimum Gasteiger partial charge on any atom is -0.351 e. The van der Waals surface area contributed by atoms with Crippen molar-refractivity contribution in [1.29, 1.82) is 0 Å². The van der Waals surface area contributed by atoms with Crippen LogP contribution in [0.4, 0.5) is 9.18 Å². The van der Waals surface area contributed by atoms with Crippen LogP contribution in [0, 0.1) is 17.2 Å². The first kappa shape index (κ1) is 32.7. The first-order chi connectivity index (χ1) is 20.7. The van der Waals surface area contributed by atoms with Gasteiger partial charge in [-0.3, -0.25) is 9.59 Å². The lowest BCUT2D eigenvalue weighted by molar-refractivity contribution is -0.147. The van der Waals surface area contributed by atoms with E-state index in [1.165, 1.54) is 29.1 Å². The average molecular weight is 634 g/mol. The van der Waals surface area contributed by atoms with Crippen molar-refractivity contribution in [3.05, 3.63) is 35.6 Å². The lowest BCUT2D eigenvalue weighted by Crippen LogP contribution is -2.60. The Labute approximate surface area is 261 Å². The lowest BCUT2D eigenvalue weighted by atomic mass is 9.63. The number of nitrogens with one attached hydrogen (secondary N) is 2. The Morgan fingerprint density at radius 1 is 1.00 bits per heavy atom. The number of piperazine rings is 1. The standard InChI is InChI=1S/C32H48FN5O5S/c1-31(2,3)35-29(40)32(23-8-6-5-7-9-23)14-16-36(17-15-32)28(39)27(18-22-10-12-24(33)13-11-22)34-30(41)37-20-26-19-25(37)21-38(26)44(4,42)43/h10-13,23,25-27H,5-9,14-21H2,1-4H3,(H,34,41)(H,35,40). The van der Waals surface area contributed by atoms with Crippen LogP contribution in [0.3, 0.4) is 0 Å². The molecule has 12 heteroatoms. The molecule has 1 aliphatic carbocycles. The number of carbonyl (C=O) groups is 3. The Morgan fingerprint density at radius 2 is 1.64 bits per heavy atom. The molecule has 2 bridgehead atoms. The number of rotatable bonds is 7. The highest BCUT2D eigenvalue weighted by atomic mass is 32.2. The fourth-order valence-corrected chi connectivity index (χ4v) is 9.00. The number of hydrogen-bond donors (Lipinski definition) is 2. The molecule has 4 amide bonds. The quantitative estimate of drug-likeness (QED) is 0.478. The first-order valence-corrected chi connectivity index (χ1v) is 17.9. The molecule has 4 aliphatic rings. The van der Waals surface area contributed by atoms with Crippen LogP contribution in [-0.2, 0) is 26.0 Å². The first-order valence-electron chi connectivity index (χ1n) is 16.1. The van der Waals surface area contributed by atoms with Gasteiger partial charge >= 0.3 is 6.03 Å². The fraction of sp³-hybridized carbons (Fsp3) is 0.719. The second-order valence-corrected chi connectivity index (χ2v) is 16.3. The molecular weight excluding hydrogens is 585 g/mol. The Kier molecular flexibility index (Phi) is 9.33. The van der Waals surface area contributed by atoms with Crippen molar-refractivity contribution in [2.45, 2.75) is 102 Å². The third kappa shape index (κ3) is 7.06. The number of urea groups is 1. The lowest BCUT2D eigenvalue weighted by Gasteiger charge is -2.48. The predicted molar refractivity (Wildman–Crippen MR) is 166 cm³/mol. The minimum atomic E-state index is -3.36. The van der Waals surface area contributed by atoms with Crippen LogP contribution in [0.5, 0.6) is 0 Å². The molecule has 0 aromatic heterocycles. The number of halogens is 1. The monoisotopic (exact) mass is 633 g/mol. The van der Waals surface area contributed by atoms with Gasteiger partial charge < -0.3 is 20.4 Å². The number of benzene rings is 1. The van der Waals surface area contributed by atoms with Gasteiger partial charge in [-0.05, 0) is 76.5 Å². The number of likely N-dealkylation sites (tertiary alicyclic amines) is 2. The van der Waals surface area contributed by atoms with E-state index in [0.717, 1.165) is 31.2 Å². The molecule has 244 valence electrons. The molecule has 10 nitrogen and oxygen atoms in total. The van der Waals surface area contributed by atoms with Crippen molar-refractivity contribution in [3.8, 4) is 0 Å². The van der Waals surface area contributed by atoms with Crippen molar-refractivity contribution in [2.24, 2.45) is 11.3 Å². The Bertz CT molecular complexity index is 1330. The molecule has 0 spiro atoms. The third-order valence-electron chi connectivity index (χ3n) is 10.1. The highest BCUT2D eigenvalue weighted by Gasteiger charge is 2.51. The summed E-state index contributed by atoms with van der Waals surface area (Å²) in [5.74, 6) is -0.249. The Morgan fingerprint density at radius 3 is 2.18 bits per heavy atom. The van der Waals surface area contributed by atoms with Crippen LogP contribution in [0.1, 0.15) is 77.7 Å². The average Bonchev–Trinajstić information content (AvgIpc) is 3.59. The minimum absolute atomic E-state index is 0.0763. The van der Waals surface area contributed by atoms with Gasteiger partial charge in [0.2, 0.25) is 21.8 Å². The normalized spacial score (nSPS) is 25.1. The van der Waals surface area contributed by atoms with Crippen molar-refractivity contribution >= 4 is 27.9 Å². The SMILES string of the molecule is CC(C)(C)NC(=O)C1(C2CCCCC2)CCN(C(=O)C(Cc2ccc(F)cc2)NC(=O)N2CC3CC2CN3S(C)(=O)=O)CC1. The summed E-state index contributed by atoms with van der Waals surface area (Å²) in [6.45, 7) is 7.33. The van der Waals surface area contributed by atoms with Crippen molar-refractivity contribution in [2.75, 3.05) is 32.4 Å². The number of piperidine rings is 1. The molecule has 3 heterocycles. The maximum absolute atomic E-state index is 14.1. The van der Waals surface area contributed by atoms with Crippen LogP contribution in [0.2, 0.25) is 0 Å². The summed E-state index contributed by atoms with van der Waals surface area (Å²) >= 11 is 0. The van der Waals surface area contributed by atoms with Crippen LogP contribution < -0.4 is 10.6 Å². The largest absolute Gasteiger partial charge is 0.351 e. The summed E-state index contributed by atoms with van der Waals surface area (Å²) in [5, 5.41) is 6.19. The summed E-state index contributed by atoms with van der Waals surface area (Å²) in [6, 6.07) is 4.11. The van der Waals surface area contributed by atoms with Gasteiger partial charge in [-0.2, -0.15) is 4.31 Å². The summed E-state index contributed by atoms with van der Waals surface area (Å²) in [4.78, 5) is 44.8. The number of amides is 4. The molecule has 1 aromatic carbocycles. The van der Waals surface area contributed by atoms with E-state index in [0.29, 0.717) is 32.4 Å². The van der Waals surface area contributed by atoms with E-state index < -0.39 is 27.5 Å². The van der Waals surface area contributed by atoms with E-state index in [2.05, 4.69) is 10.6 Å². The highest BCUT2D eigenvalue weighted by molar-refractivity contribution is 7.88. The zero-order chi connectivity index (χ0) is 31.9. The molecule has 3 saturated heterocycles. The van der Waals surface area contributed by atoms with Gasteiger partial charge in [0.05, 0.1) is 11.7 Å². The summed E-state index contributed by atoms with van der Waals surface area (Å²) in [7, 11) is -3.36. The topological polar surface area (TPSA) is 119 Å². The predicted octanol–water partition coefficient (Wildman–Crippen LogP) is 3.27. The van der Waals surface area contributed by atoms with Crippen LogP contribution in [0.15, 0.2) is 24.3 Å². The fourth-order valence-electron chi connectivity index (χ4n) is 7.86. The summed E-state index contributed by atoms with van der Waals surface area (Å²) in [6.07, 6.45) is 8.54. The third-order valence-corrected chi connectivity index (χ3v) is 11.4. The second kappa shape index (κ2) is 12.6. The molecule has 2 N–H and O–H groups in total. The van der Waals surface area contributed by atoms with Gasteiger partial charge in [-0.25, -0.2) is 17.6 Å². The molecule has 0 radical (unpaired) electrons. The highest BCUT2D eigenvalue weighted by Crippen LogP contribution is 2.46. The van der Waals surface area contributed by atoms with Gasteiger partial charge in [0.15, 0.2) is 0 Å². The molecule has 4 fully saturated rings. The molecule has 1 aromatic rings.